The minimum absolute atomic E-state index is 0.146. The van der Waals surface area contributed by atoms with E-state index in [2.05, 4.69) is 64.2 Å². The molecule has 110 valence electrons. The lowest BCUT2D eigenvalue weighted by Crippen LogP contribution is -2.21. The van der Waals surface area contributed by atoms with E-state index in [1.165, 1.54) is 22.3 Å². The first-order chi connectivity index (χ1) is 10.1. The summed E-state index contributed by atoms with van der Waals surface area (Å²) >= 11 is 3.53. The van der Waals surface area contributed by atoms with Crippen molar-refractivity contribution in [2.75, 3.05) is 13.1 Å². The predicted molar refractivity (Wildman–Crippen MR) is 90.2 cm³/mol. The van der Waals surface area contributed by atoms with E-state index in [4.69, 9.17) is 0 Å². The molecule has 0 amide bonds. The molecule has 1 aliphatic rings. The fourth-order valence-corrected chi connectivity index (χ4v) is 3.42. The number of hydrogen-bond acceptors (Lipinski definition) is 2. The lowest BCUT2D eigenvalue weighted by atomic mass is 9.98. The molecule has 1 saturated heterocycles. The first-order valence-electron chi connectivity index (χ1n) is 7.38. The van der Waals surface area contributed by atoms with Gasteiger partial charge in [0.15, 0.2) is 0 Å². The third-order valence-corrected chi connectivity index (χ3v) is 4.57. The first kappa shape index (κ1) is 14.8. The highest BCUT2D eigenvalue weighted by Gasteiger charge is 2.20. The summed E-state index contributed by atoms with van der Waals surface area (Å²) in [6.45, 7) is 4.88. The summed E-state index contributed by atoms with van der Waals surface area (Å²) in [6, 6.07) is 15.1. The van der Waals surface area contributed by atoms with Gasteiger partial charge in [-0.05, 0) is 47.7 Å². The molecule has 1 fully saturated rings. The summed E-state index contributed by atoms with van der Waals surface area (Å²) in [5, 5.41) is 9.60. The zero-order valence-corrected chi connectivity index (χ0v) is 13.8. The van der Waals surface area contributed by atoms with Gasteiger partial charge in [-0.15, -0.1) is 0 Å². The van der Waals surface area contributed by atoms with Gasteiger partial charge in [-0.1, -0.05) is 46.3 Å². The Balaban J connectivity index is 1.80. The zero-order valence-electron chi connectivity index (χ0n) is 12.2. The summed E-state index contributed by atoms with van der Waals surface area (Å²) in [4.78, 5) is 2.32. The Morgan fingerprint density at radius 3 is 2.76 bits per heavy atom. The minimum Gasteiger partial charge on any atom is -0.392 e. The van der Waals surface area contributed by atoms with Crippen molar-refractivity contribution >= 4 is 15.9 Å². The maximum absolute atomic E-state index is 9.60. The van der Waals surface area contributed by atoms with Gasteiger partial charge in [0.05, 0.1) is 6.10 Å². The van der Waals surface area contributed by atoms with Crippen molar-refractivity contribution in [3.63, 3.8) is 0 Å². The molecule has 21 heavy (non-hydrogen) atoms. The second-order valence-corrected chi connectivity index (χ2v) is 6.75. The molecule has 0 aliphatic carbocycles. The Bertz CT molecular complexity index is 641. The van der Waals surface area contributed by atoms with E-state index >= 15 is 0 Å². The summed E-state index contributed by atoms with van der Waals surface area (Å²) in [7, 11) is 0. The second-order valence-electron chi connectivity index (χ2n) is 5.84. The third kappa shape index (κ3) is 3.54. The molecule has 1 aliphatic heterocycles. The fraction of sp³-hybridized carbons (Fsp3) is 0.333. The molecule has 0 aromatic heterocycles. The van der Waals surface area contributed by atoms with Crippen LogP contribution >= 0.6 is 15.9 Å². The highest BCUT2D eigenvalue weighted by molar-refractivity contribution is 9.10. The van der Waals surface area contributed by atoms with Crippen molar-refractivity contribution < 1.29 is 5.11 Å². The smallest absolute Gasteiger partial charge is 0.0679 e. The second kappa shape index (κ2) is 6.30. The molecular weight excluding hydrogens is 326 g/mol. The van der Waals surface area contributed by atoms with Crippen LogP contribution in [-0.2, 0) is 6.54 Å². The minimum atomic E-state index is -0.146. The van der Waals surface area contributed by atoms with Gasteiger partial charge in [0, 0.05) is 24.1 Å². The molecule has 0 bridgehead atoms. The van der Waals surface area contributed by atoms with Crippen LogP contribution in [0.2, 0.25) is 0 Å². The monoisotopic (exact) mass is 345 g/mol. The number of halogens is 1. The first-order valence-corrected chi connectivity index (χ1v) is 8.17. The van der Waals surface area contributed by atoms with Gasteiger partial charge in [-0.25, -0.2) is 0 Å². The molecule has 3 heteroatoms. The molecule has 1 heterocycles. The Labute approximate surface area is 134 Å². The zero-order chi connectivity index (χ0) is 14.8. The van der Waals surface area contributed by atoms with E-state index in [0.717, 1.165) is 30.5 Å². The number of nitrogens with zero attached hydrogens (tertiary/aromatic N) is 1. The Kier molecular flexibility index (Phi) is 4.43. The highest BCUT2D eigenvalue weighted by atomic mass is 79.9. The summed E-state index contributed by atoms with van der Waals surface area (Å²) in [6.07, 6.45) is 0.752. The Morgan fingerprint density at radius 2 is 2.10 bits per heavy atom. The molecule has 3 rings (SSSR count). The van der Waals surface area contributed by atoms with Gasteiger partial charge >= 0.3 is 0 Å². The van der Waals surface area contributed by atoms with Gasteiger partial charge in [0.25, 0.3) is 0 Å². The van der Waals surface area contributed by atoms with Crippen LogP contribution in [0, 0.1) is 6.92 Å². The predicted octanol–water partition coefficient (Wildman–Crippen LogP) is 3.99. The van der Waals surface area contributed by atoms with Crippen LogP contribution < -0.4 is 0 Å². The molecule has 2 aromatic carbocycles. The lowest BCUT2D eigenvalue weighted by Gasteiger charge is -2.16. The third-order valence-electron chi connectivity index (χ3n) is 4.08. The van der Waals surface area contributed by atoms with E-state index in [9.17, 15) is 5.11 Å². The van der Waals surface area contributed by atoms with Gasteiger partial charge in [-0.3, -0.25) is 4.90 Å². The van der Waals surface area contributed by atoms with Crippen LogP contribution in [0.25, 0.3) is 11.1 Å². The van der Waals surface area contributed by atoms with Gasteiger partial charge in [0.1, 0.15) is 0 Å². The van der Waals surface area contributed by atoms with E-state index in [-0.39, 0.29) is 6.10 Å². The Hall–Kier alpha value is -1.16. The average Bonchev–Trinajstić information content (AvgIpc) is 2.84. The summed E-state index contributed by atoms with van der Waals surface area (Å²) in [5.74, 6) is 0. The molecule has 1 atom stereocenters. The molecule has 0 spiro atoms. The summed E-state index contributed by atoms with van der Waals surface area (Å²) in [5.41, 5.74) is 5.14. The number of hydrogen-bond donors (Lipinski definition) is 1. The molecule has 2 aromatic rings. The molecule has 1 unspecified atom stereocenters. The van der Waals surface area contributed by atoms with Crippen LogP contribution in [0.5, 0.6) is 0 Å². The van der Waals surface area contributed by atoms with E-state index in [1.807, 2.05) is 6.07 Å². The van der Waals surface area contributed by atoms with Crippen molar-refractivity contribution in [1.29, 1.82) is 0 Å². The molecule has 1 N–H and O–H groups in total. The lowest BCUT2D eigenvalue weighted by molar-refractivity contribution is 0.175. The van der Waals surface area contributed by atoms with Crippen molar-refractivity contribution in [2.45, 2.75) is 26.0 Å². The number of β-amino-alcohol motifs (C(OH)–C–C–N with tert-alkyl or cyclic N) is 1. The van der Waals surface area contributed by atoms with Crippen LogP contribution in [-0.4, -0.2) is 29.2 Å². The normalized spacial score (nSPS) is 19.1. The van der Waals surface area contributed by atoms with Crippen LogP contribution in [0.1, 0.15) is 17.5 Å². The van der Waals surface area contributed by atoms with Crippen LogP contribution in [0.15, 0.2) is 46.9 Å². The number of benzene rings is 2. The van der Waals surface area contributed by atoms with Gasteiger partial charge < -0.3 is 5.11 Å². The largest absolute Gasteiger partial charge is 0.392 e. The highest BCUT2D eigenvalue weighted by Crippen LogP contribution is 2.27. The average molecular weight is 346 g/mol. The van der Waals surface area contributed by atoms with Crippen molar-refractivity contribution in [2.24, 2.45) is 0 Å². The van der Waals surface area contributed by atoms with E-state index in [1.54, 1.807) is 0 Å². The van der Waals surface area contributed by atoms with E-state index < -0.39 is 0 Å². The van der Waals surface area contributed by atoms with Crippen LogP contribution in [0.4, 0.5) is 0 Å². The molecular formula is C18H20BrNO. The quantitative estimate of drug-likeness (QED) is 0.908. The Morgan fingerprint density at radius 1 is 1.24 bits per heavy atom. The van der Waals surface area contributed by atoms with Gasteiger partial charge in [0.2, 0.25) is 0 Å². The molecule has 0 saturated carbocycles. The van der Waals surface area contributed by atoms with Crippen molar-refractivity contribution in [3.05, 3.63) is 58.1 Å². The maximum atomic E-state index is 9.60. The standard InChI is InChI=1S/C18H20BrNO/c1-13-9-14(11-20-8-7-17(21)12-20)5-6-18(13)15-3-2-4-16(19)10-15/h2-6,9-10,17,21H,7-8,11-12H2,1H3. The van der Waals surface area contributed by atoms with Gasteiger partial charge in [-0.2, -0.15) is 0 Å². The number of aliphatic hydroxyl groups is 1. The van der Waals surface area contributed by atoms with Crippen LogP contribution in [0.3, 0.4) is 0 Å². The fourth-order valence-electron chi connectivity index (χ4n) is 3.02. The number of likely N-dealkylation sites (tertiary alicyclic amines) is 1. The number of aryl methyl sites for hydroxylation is 1. The summed E-state index contributed by atoms with van der Waals surface area (Å²) < 4.78 is 1.11. The topological polar surface area (TPSA) is 23.5 Å². The van der Waals surface area contributed by atoms with Crippen molar-refractivity contribution in [3.8, 4) is 11.1 Å². The SMILES string of the molecule is Cc1cc(CN2CCC(O)C2)ccc1-c1cccc(Br)c1. The maximum Gasteiger partial charge on any atom is 0.0679 e. The molecule has 2 nitrogen and oxygen atoms in total. The number of rotatable bonds is 3. The molecule has 0 radical (unpaired) electrons. The number of aliphatic hydroxyl groups excluding tert-OH is 1. The van der Waals surface area contributed by atoms with E-state index in [0.29, 0.717) is 0 Å². The van der Waals surface area contributed by atoms with Crippen molar-refractivity contribution in [1.82, 2.24) is 4.90 Å².